The standard InChI is InChI=1S/C22H20FN5OS2/c23-17-8-6-16(7-9-17)19-13-28-18(14-31-22(28)25-19)12-20(29)26-27-21(30)24-11-10-15-4-2-1-3-5-15/h1-9,13-14H,10-12H2,(H,26,29)(H2,24,27,30). The lowest BCUT2D eigenvalue weighted by Gasteiger charge is -2.11. The maximum atomic E-state index is 13.1. The minimum Gasteiger partial charge on any atom is -0.361 e. The Hall–Kier alpha value is -3.30. The Morgan fingerprint density at radius 3 is 2.65 bits per heavy atom. The Kier molecular flexibility index (Phi) is 6.54. The predicted molar refractivity (Wildman–Crippen MR) is 124 cm³/mol. The number of thiazole rings is 1. The van der Waals surface area contributed by atoms with Crippen molar-refractivity contribution in [2.45, 2.75) is 12.8 Å². The highest BCUT2D eigenvalue weighted by molar-refractivity contribution is 7.80. The number of hydrazine groups is 1. The number of aromatic nitrogens is 2. The Balaban J connectivity index is 1.28. The fraction of sp³-hybridized carbons (Fsp3) is 0.136. The third-order valence-electron chi connectivity index (χ3n) is 4.62. The summed E-state index contributed by atoms with van der Waals surface area (Å²) in [5.41, 5.74) is 8.92. The van der Waals surface area contributed by atoms with Gasteiger partial charge in [-0.15, -0.1) is 11.3 Å². The number of thiocarbonyl (C=S) groups is 1. The number of carbonyl (C=O) groups excluding carboxylic acids is 1. The molecule has 4 rings (SSSR count). The smallest absolute Gasteiger partial charge is 0.244 e. The van der Waals surface area contributed by atoms with E-state index < -0.39 is 0 Å². The van der Waals surface area contributed by atoms with E-state index in [-0.39, 0.29) is 18.1 Å². The van der Waals surface area contributed by atoms with Crippen molar-refractivity contribution in [3.8, 4) is 11.3 Å². The van der Waals surface area contributed by atoms with Gasteiger partial charge in [0.25, 0.3) is 0 Å². The third kappa shape index (κ3) is 5.44. The van der Waals surface area contributed by atoms with Crippen LogP contribution in [-0.4, -0.2) is 26.9 Å². The molecule has 0 saturated heterocycles. The van der Waals surface area contributed by atoms with E-state index in [2.05, 4.69) is 33.3 Å². The summed E-state index contributed by atoms with van der Waals surface area (Å²) in [6, 6.07) is 16.3. The van der Waals surface area contributed by atoms with Crippen LogP contribution in [-0.2, 0) is 17.6 Å². The molecule has 0 spiro atoms. The first kappa shape index (κ1) is 21.0. The number of carbonyl (C=O) groups is 1. The zero-order valence-corrected chi connectivity index (χ0v) is 18.1. The van der Waals surface area contributed by atoms with Crippen LogP contribution < -0.4 is 16.2 Å². The molecule has 3 N–H and O–H groups in total. The Morgan fingerprint density at radius 1 is 1.10 bits per heavy atom. The monoisotopic (exact) mass is 453 g/mol. The van der Waals surface area contributed by atoms with Crippen molar-refractivity contribution in [2.24, 2.45) is 0 Å². The molecule has 0 saturated carbocycles. The van der Waals surface area contributed by atoms with Gasteiger partial charge in [-0.3, -0.25) is 20.0 Å². The second kappa shape index (κ2) is 9.67. The molecular weight excluding hydrogens is 433 g/mol. The van der Waals surface area contributed by atoms with Crippen molar-refractivity contribution in [3.63, 3.8) is 0 Å². The molecule has 1 amide bonds. The molecule has 0 bridgehead atoms. The van der Waals surface area contributed by atoms with Gasteiger partial charge in [0, 0.05) is 29.4 Å². The molecule has 2 aromatic heterocycles. The van der Waals surface area contributed by atoms with Gasteiger partial charge < -0.3 is 5.32 Å². The number of fused-ring (bicyclic) bond motifs is 1. The molecule has 0 aliphatic carbocycles. The maximum absolute atomic E-state index is 13.1. The van der Waals surface area contributed by atoms with Crippen molar-refractivity contribution >= 4 is 39.5 Å². The highest BCUT2D eigenvalue weighted by Gasteiger charge is 2.13. The number of benzene rings is 2. The summed E-state index contributed by atoms with van der Waals surface area (Å²) in [5, 5.41) is 5.32. The number of nitrogens with one attached hydrogen (secondary N) is 3. The Labute approximate surface area is 188 Å². The van der Waals surface area contributed by atoms with E-state index in [0.717, 1.165) is 28.3 Å². The minimum atomic E-state index is -0.290. The van der Waals surface area contributed by atoms with Crippen LogP contribution in [0.2, 0.25) is 0 Å². The van der Waals surface area contributed by atoms with Crippen LogP contribution >= 0.6 is 23.6 Å². The van der Waals surface area contributed by atoms with Gasteiger partial charge in [0.1, 0.15) is 5.82 Å². The van der Waals surface area contributed by atoms with Crippen LogP contribution in [0.4, 0.5) is 4.39 Å². The summed E-state index contributed by atoms with van der Waals surface area (Å²) in [5.74, 6) is -0.508. The van der Waals surface area contributed by atoms with Crippen molar-refractivity contribution in [1.29, 1.82) is 0 Å². The fourth-order valence-electron chi connectivity index (χ4n) is 3.06. The summed E-state index contributed by atoms with van der Waals surface area (Å²) in [6.07, 6.45) is 2.85. The zero-order valence-electron chi connectivity index (χ0n) is 16.5. The number of hydrogen-bond acceptors (Lipinski definition) is 4. The van der Waals surface area contributed by atoms with Gasteiger partial charge in [0.15, 0.2) is 10.1 Å². The van der Waals surface area contributed by atoms with E-state index in [9.17, 15) is 9.18 Å². The second-order valence-corrected chi connectivity index (χ2v) is 8.10. The second-order valence-electron chi connectivity index (χ2n) is 6.85. The molecule has 6 nitrogen and oxygen atoms in total. The molecule has 0 aliphatic rings. The molecule has 0 aliphatic heterocycles. The molecule has 158 valence electrons. The average Bonchev–Trinajstić information content (AvgIpc) is 3.36. The van der Waals surface area contributed by atoms with Gasteiger partial charge in [0.2, 0.25) is 5.91 Å². The first-order valence-electron chi connectivity index (χ1n) is 9.66. The molecule has 0 atom stereocenters. The molecule has 0 radical (unpaired) electrons. The normalized spacial score (nSPS) is 10.7. The van der Waals surface area contributed by atoms with Crippen molar-refractivity contribution in [2.75, 3.05) is 6.54 Å². The number of hydrogen-bond donors (Lipinski definition) is 3. The Morgan fingerprint density at radius 2 is 1.87 bits per heavy atom. The summed E-state index contributed by atoms with van der Waals surface area (Å²) >= 11 is 6.65. The van der Waals surface area contributed by atoms with Crippen LogP contribution in [0.5, 0.6) is 0 Å². The summed E-state index contributed by atoms with van der Waals surface area (Å²) in [7, 11) is 0. The topological polar surface area (TPSA) is 70.5 Å². The van der Waals surface area contributed by atoms with Gasteiger partial charge in [-0.2, -0.15) is 0 Å². The fourth-order valence-corrected chi connectivity index (χ4v) is 4.09. The Bertz CT molecular complexity index is 1190. The number of amides is 1. The third-order valence-corrected chi connectivity index (χ3v) is 5.76. The van der Waals surface area contributed by atoms with Crippen LogP contribution in [0.1, 0.15) is 11.3 Å². The highest BCUT2D eigenvalue weighted by atomic mass is 32.1. The highest BCUT2D eigenvalue weighted by Crippen LogP contribution is 2.24. The maximum Gasteiger partial charge on any atom is 0.244 e. The lowest BCUT2D eigenvalue weighted by molar-refractivity contribution is -0.121. The van der Waals surface area contributed by atoms with Crippen LogP contribution in [0.3, 0.4) is 0 Å². The van der Waals surface area contributed by atoms with Gasteiger partial charge >= 0.3 is 0 Å². The average molecular weight is 454 g/mol. The van der Waals surface area contributed by atoms with Gasteiger partial charge in [0.05, 0.1) is 12.1 Å². The lowest BCUT2D eigenvalue weighted by atomic mass is 10.1. The van der Waals surface area contributed by atoms with Crippen molar-refractivity contribution < 1.29 is 9.18 Å². The van der Waals surface area contributed by atoms with Crippen molar-refractivity contribution in [1.82, 2.24) is 25.6 Å². The molecule has 2 heterocycles. The molecule has 4 aromatic rings. The summed E-state index contributed by atoms with van der Waals surface area (Å²) in [6.45, 7) is 0.665. The quantitative estimate of drug-likeness (QED) is 0.308. The number of nitrogens with zero attached hydrogens (tertiary/aromatic N) is 2. The molecule has 0 fully saturated rings. The van der Waals surface area contributed by atoms with E-state index in [4.69, 9.17) is 12.2 Å². The van der Waals surface area contributed by atoms with E-state index in [1.165, 1.54) is 29.0 Å². The van der Waals surface area contributed by atoms with Crippen LogP contribution in [0.15, 0.2) is 66.2 Å². The summed E-state index contributed by atoms with van der Waals surface area (Å²) < 4.78 is 15.0. The van der Waals surface area contributed by atoms with Crippen LogP contribution in [0.25, 0.3) is 16.2 Å². The first-order valence-corrected chi connectivity index (χ1v) is 11.0. The first-order chi connectivity index (χ1) is 15.1. The number of rotatable bonds is 6. The van der Waals surface area contributed by atoms with Crippen LogP contribution in [0, 0.1) is 5.82 Å². The van der Waals surface area contributed by atoms with E-state index in [1.807, 2.05) is 34.2 Å². The molecular formula is C22H20FN5OS2. The van der Waals surface area contributed by atoms with Gasteiger partial charge in [-0.25, -0.2) is 9.37 Å². The molecule has 2 aromatic carbocycles. The van der Waals surface area contributed by atoms with Gasteiger partial charge in [-0.05, 0) is 48.5 Å². The molecule has 0 unspecified atom stereocenters. The van der Waals surface area contributed by atoms with E-state index >= 15 is 0 Å². The zero-order chi connectivity index (χ0) is 21.6. The SMILES string of the molecule is O=C(Cc1csc2nc(-c3ccc(F)cc3)cn12)NNC(=S)NCCc1ccccc1. The molecule has 31 heavy (non-hydrogen) atoms. The van der Waals surface area contributed by atoms with E-state index in [1.54, 1.807) is 12.1 Å². The van der Waals surface area contributed by atoms with Crippen molar-refractivity contribution in [3.05, 3.63) is 83.2 Å². The number of halogens is 1. The molecule has 9 heteroatoms. The number of imidazole rings is 1. The van der Waals surface area contributed by atoms with E-state index in [0.29, 0.717) is 11.7 Å². The lowest BCUT2D eigenvalue weighted by Crippen LogP contribution is -2.47. The summed E-state index contributed by atoms with van der Waals surface area (Å²) in [4.78, 5) is 17.7. The predicted octanol–water partition coefficient (Wildman–Crippen LogP) is 3.48. The minimum absolute atomic E-state index is 0.166. The largest absolute Gasteiger partial charge is 0.361 e. The van der Waals surface area contributed by atoms with Gasteiger partial charge in [-0.1, -0.05) is 30.3 Å².